The Bertz CT molecular complexity index is 340. The summed E-state index contributed by atoms with van der Waals surface area (Å²) in [5.41, 5.74) is 0.348. The number of ketones is 1. The predicted octanol–water partition coefficient (Wildman–Crippen LogP) is 3.54. The maximum absolute atomic E-state index is 13.3. The minimum absolute atomic E-state index is 0.0559. The zero-order chi connectivity index (χ0) is 10.0. The number of hydrogen-bond acceptors (Lipinski definition) is 1. The average Bonchev–Trinajstić information content (AvgIpc) is 2.08. The molecule has 0 aliphatic rings. The third kappa shape index (κ3) is 2.40. The highest BCUT2D eigenvalue weighted by atomic mass is 127. The van der Waals surface area contributed by atoms with Gasteiger partial charge >= 0.3 is 0 Å². The minimum Gasteiger partial charge on any atom is -0.298 e. The summed E-state index contributed by atoms with van der Waals surface area (Å²) in [4.78, 5) is 11.0. The lowest BCUT2D eigenvalue weighted by Crippen LogP contribution is -2.03. The Hall–Kier alpha value is -0.160. The van der Waals surface area contributed by atoms with Gasteiger partial charge in [0, 0.05) is 5.56 Å². The fourth-order valence-corrected chi connectivity index (χ4v) is 1.60. The molecule has 1 unspecified atom stereocenters. The highest BCUT2D eigenvalue weighted by Gasteiger charge is 2.17. The first-order valence-corrected chi connectivity index (χ1v) is 5.25. The largest absolute Gasteiger partial charge is 0.298 e. The Morgan fingerprint density at radius 2 is 2.23 bits per heavy atom. The van der Waals surface area contributed by atoms with Gasteiger partial charge in [-0.25, -0.2) is 4.39 Å². The van der Waals surface area contributed by atoms with Crippen molar-refractivity contribution in [2.75, 3.05) is 0 Å². The molecule has 0 spiro atoms. The molecule has 13 heavy (non-hydrogen) atoms. The Morgan fingerprint density at radius 1 is 1.62 bits per heavy atom. The monoisotopic (exact) mass is 312 g/mol. The van der Waals surface area contributed by atoms with Crippen molar-refractivity contribution in [3.8, 4) is 0 Å². The molecule has 0 aromatic heterocycles. The van der Waals surface area contributed by atoms with Crippen molar-refractivity contribution in [3.05, 3.63) is 34.6 Å². The van der Waals surface area contributed by atoms with E-state index in [2.05, 4.69) is 0 Å². The van der Waals surface area contributed by atoms with E-state index in [9.17, 15) is 9.18 Å². The van der Waals surface area contributed by atoms with Gasteiger partial charge < -0.3 is 0 Å². The van der Waals surface area contributed by atoms with Crippen LogP contribution in [0.25, 0.3) is 0 Å². The summed E-state index contributed by atoms with van der Waals surface area (Å²) >= 11 is 7.46. The summed E-state index contributed by atoms with van der Waals surface area (Å²) in [6, 6.07) is 4.67. The van der Waals surface area contributed by atoms with Gasteiger partial charge in [-0.3, -0.25) is 4.79 Å². The van der Waals surface area contributed by atoms with Gasteiger partial charge in [-0.1, -0.05) is 46.3 Å². The molecule has 0 N–H and O–H groups in total. The van der Waals surface area contributed by atoms with Crippen LogP contribution in [0, 0.1) is 5.82 Å². The molecule has 0 fully saturated rings. The maximum Gasteiger partial charge on any atom is 0.147 e. The summed E-state index contributed by atoms with van der Waals surface area (Å²) in [6.07, 6.45) is 0. The first-order valence-electron chi connectivity index (χ1n) is 3.62. The van der Waals surface area contributed by atoms with Gasteiger partial charge in [0.2, 0.25) is 0 Å². The Labute approximate surface area is 94.4 Å². The molecule has 1 nitrogen and oxygen atoms in total. The molecule has 0 radical (unpaired) electrons. The lowest BCUT2D eigenvalue weighted by atomic mass is 10.1. The smallest absolute Gasteiger partial charge is 0.147 e. The highest BCUT2D eigenvalue weighted by molar-refractivity contribution is 14.1. The van der Waals surface area contributed by atoms with Crippen molar-refractivity contribution >= 4 is 40.0 Å². The molecule has 0 saturated heterocycles. The zero-order valence-electron chi connectivity index (χ0n) is 6.85. The molecule has 70 valence electrons. The average molecular weight is 313 g/mol. The lowest BCUT2D eigenvalue weighted by Gasteiger charge is -2.07. The summed E-state index contributed by atoms with van der Waals surface area (Å²) < 4.78 is 12.9. The molecule has 0 saturated carbocycles. The minimum atomic E-state index is -0.501. The van der Waals surface area contributed by atoms with Crippen molar-refractivity contribution in [1.82, 2.24) is 0 Å². The molecule has 4 heteroatoms. The molecule has 1 atom stereocenters. The van der Waals surface area contributed by atoms with Gasteiger partial charge in [-0.2, -0.15) is 0 Å². The Morgan fingerprint density at radius 3 is 2.77 bits per heavy atom. The van der Waals surface area contributed by atoms with E-state index in [0.29, 0.717) is 5.56 Å². The normalized spacial score (nSPS) is 12.6. The van der Waals surface area contributed by atoms with Crippen LogP contribution in [0.3, 0.4) is 0 Å². The number of rotatable bonds is 2. The van der Waals surface area contributed by atoms with Crippen molar-refractivity contribution in [2.24, 2.45) is 0 Å². The van der Waals surface area contributed by atoms with Gasteiger partial charge in [-0.05, 0) is 13.0 Å². The van der Waals surface area contributed by atoms with Gasteiger partial charge in [-0.15, -0.1) is 0 Å². The zero-order valence-corrected chi connectivity index (χ0v) is 9.76. The van der Waals surface area contributed by atoms with E-state index in [1.165, 1.54) is 13.0 Å². The van der Waals surface area contributed by atoms with Crippen molar-refractivity contribution in [2.45, 2.75) is 10.8 Å². The van der Waals surface area contributed by atoms with Gasteiger partial charge in [0.15, 0.2) is 0 Å². The van der Waals surface area contributed by atoms with Crippen molar-refractivity contribution in [1.29, 1.82) is 0 Å². The van der Waals surface area contributed by atoms with Crippen LogP contribution in [0.5, 0.6) is 0 Å². The quantitative estimate of drug-likeness (QED) is 0.603. The number of carbonyl (C=O) groups excluding carboxylic acids is 1. The Kier molecular flexibility index (Phi) is 3.67. The first kappa shape index (κ1) is 10.9. The SMILES string of the molecule is CC(=O)C(I)c1cccc(Cl)c1F. The lowest BCUT2D eigenvalue weighted by molar-refractivity contribution is -0.116. The van der Waals surface area contributed by atoms with E-state index in [-0.39, 0.29) is 10.8 Å². The maximum atomic E-state index is 13.3. The van der Waals surface area contributed by atoms with E-state index >= 15 is 0 Å². The second-order valence-corrected chi connectivity index (χ2v) is 4.27. The third-order valence-corrected chi connectivity index (χ3v) is 3.45. The van der Waals surface area contributed by atoms with Crippen LogP contribution < -0.4 is 0 Å². The standard InChI is InChI=1S/C9H7ClFIO/c1-5(13)9(12)6-3-2-4-7(10)8(6)11/h2-4,9H,1H3. The van der Waals surface area contributed by atoms with E-state index in [1.807, 2.05) is 22.6 Å². The van der Waals surface area contributed by atoms with E-state index < -0.39 is 9.74 Å². The molecular formula is C9H7ClFIO. The summed E-state index contributed by atoms with van der Waals surface area (Å²) in [5.74, 6) is -0.583. The van der Waals surface area contributed by atoms with Gasteiger partial charge in [0.05, 0.1) is 8.95 Å². The second-order valence-electron chi connectivity index (χ2n) is 2.62. The highest BCUT2D eigenvalue weighted by Crippen LogP contribution is 2.29. The molecule has 0 heterocycles. The molecule has 1 rings (SSSR count). The predicted molar refractivity (Wildman–Crippen MR) is 58.9 cm³/mol. The molecule has 1 aromatic carbocycles. The van der Waals surface area contributed by atoms with Gasteiger partial charge in [0.1, 0.15) is 11.6 Å². The third-order valence-electron chi connectivity index (χ3n) is 1.61. The van der Waals surface area contributed by atoms with E-state index in [1.54, 1.807) is 12.1 Å². The molecule has 0 bridgehead atoms. The number of Topliss-reactive ketones (excluding diaryl/α,β-unsaturated/α-hetero) is 1. The molecule has 0 aliphatic heterocycles. The van der Waals surface area contributed by atoms with Crippen LogP contribution in [-0.2, 0) is 4.79 Å². The van der Waals surface area contributed by atoms with Gasteiger partial charge in [0.25, 0.3) is 0 Å². The first-order chi connectivity index (χ1) is 6.04. The fourth-order valence-electron chi connectivity index (χ4n) is 0.935. The summed E-state index contributed by atoms with van der Waals surface area (Å²) in [7, 11) is 0. The van der Waals surface area contributed by atoms with Crippen LogP contribution >= 0.6 is 34.2 Å². The van der Waals surface area contributed by atoms with Crippen LogP contribution in [0.1, 0.15) is 16.4 Å². The van der Waals surface area contributed by atoms with E-state index in [4.69, 9.17) is 11.6 Å². The van der Waals surface area contributed by atoms with Crippen LogP contribution in [0.15, 0.2) is 18.2 Å². The fraction of sp³-hybridized carbons (Fsp3) is 0.222. The molecule has 0 aliphatic carbocycles. The molecule has 0 amide bonds. The van der Waals surface area contributed by atoms with Crippen LogP contribution in [0.4, 0.5) is 4.39 Å². The Balaban J connectivity index is 3.15. The number of carbonyl (C=O) groups is 1. The second kappa shape index (κ2) is 4.37. The molecular weight excluding hydrogens is 305 g/mol. The van der Waals surface area contributed by atoms with Crippen LogP contribution in [-0.4, -0.2) is 5.78 Å². The summed E-state index contributed by atoms with van der Waals surface area (Å²) in [5, 5.41) is 0.0559. The number of benzene rings is 1. The number of halogens is 3. The number of hydrogen-bond donors (Lipinski definition) is 0. The van der Waals surface area contributed by atoms with Crippen LogP contribution in [0.2, 0.25) is 5.02 Å². The number of alkyl halides is 1. The topological polar surface area (TPSA) is 17.1 Å². The van der Waals surface area contributed by atoms with Crippen molar-refractivity contribution in [3.63, 3.8) is 0 Å². The van der Waals surface area contributed by atoms with Crippen molar-refractivity contribution < 1.29 is 9.18 Å². The summed E-state index contributed by atoms with van der Waals surface area (Å²) in [6.45, 7) is 1.43. The molecule has 1 aromatic rings. The van der Waals surface area contributed by atoms with E-state index in [0.717, 1.165) is 0 Å².